The molecule has 0 heterocycles. The summed E-state index contributed by atoms with van der Waals surface area (Å²) in [6, 6.07) is 0. The molecule has 0 radical (unpaired) electrons. The van der Waals surface area contributed by atoms with Gasteiger partial charge in [0.25, 0.3) is 0 Å². The summed E-state index contributed by atoms with van der Waals surface area (Å²) in [5.41, 5.74) is 0. The lowest BCUT2D eigenvalue weighted by atomic mass is 9.83. The molecule has 1 nitrogen and oxygen atoms in total. The van der Waals surface area contributed by atoms with Gasteiger partial charge in [-0.05, 0) is 62.2 Å². The van der Waals surface area contributed by atoms with Crippen LogP contribution in [-0.4, -0.2) is 15.1 Å². The van der Waals surface area contributed by atoms with Gasteiger partial charge >= 0.3 is 0 Å². The Morgan fingerprint density at radius 1 is 1.35 bits per heavy atom. The van der Waals surface area contributed by atoms with Gasteiger partial charge in [0.2, 0.25) is 0 Å². The van der Waals surface area contributed by atoms with Crippen LogP contribution in [0.4, 0.5) is 0 Å². The van der Waals surface area contributed by atoms with Gasteiger partial charge in [-0.3, -0.25) is 0 Å². The average molecular weight is 394 g/mol. The molecule has 1 fully saturated rings. The first-order chi connectivity index (χ1) is 9.40. The topological polar surface area (TPSA) is 20.2 Å². The highest BCUT2D eigenvalue weighted by molar-refractivity contribution is 14.1. The van der Waals surface area contributed by atoms with Crippen molar-refractivity contribution in [1.29, 1.82) is 0 Å². The van der Waals surface area contributed by atoms with Crippen LogP contribution in [-0.2, 0) is 0 Å². The Kier molecular flexibility index (Phi) is 8.40. The highest BCUT2D eigenvalue weighted by Gasteiger charge is 2.39. The van der Waals surface area contributed by atoms with Crippen molar-refractivity contribution in [3.63, 3.8) is 0 Å². The van der Waals surface area contributed by atoms with E-state index in [1.165, 1.54) is 44.9 Å². The Morgan fingerprint density at radius 2 is 2.05 bits per heavy atom. The van der Waals surface area contributed by atoms with Gasteiger partial charge in [-0.25, -0.2) is 0 Å². The fraction of sp³-hybridized carbons (Fsp3) is 1.00. The SMILES string of the molecule is CC[C@@H](CC[C@@H]1CC[C@@](C)(I)[C@@H]1C)CC(C)CCCO. The maximum Gasteiger partial charge on any atom is 0.0431 e. The molecule has 1 saturated carbocycles. The lowest BCUT2D eigenvalue weighted by molar-refractivity contribution is 0.254. The molecule has 5 atom stereocenters. The molecule has 1 aliphatic carbocycles. The van der Waals surface area contributed by atoms with Crippen LogP contribution in [0.25, 0.3) is 0 Å². The van der Waals surface area contributed by atoms with Crippen molar-refractivity contribution in [2.75, 3.05) is 6.61 Å². The monoisotopic (exact) mass is 394 g/mol. The summed E-state index contributed by atoms with van der Waals surface area (Å²) in [4.78, 5) is 0. The molecule has 0 saturated heterocycles. The summed E-state index contributed by atoms with van der Waals surface area (Å²) in [6.45, 7) is 9.97. The quantitative estimate of drug-likeness (QED) is 0.385. The molecule has 1 rings (SSSR count). The molecule has 0 aromatic rings. The summed E-state index contributed by atoms with van der Waals surface area (Å²) in [7, 11) is 0. The smallest absolute Gasteiger partial charge is 0.0431 e. The van der Waals surface area contributed by atoms with Crippen LogP contribution in [0.1, 0.15) is 79.1 Å². The summed E-state index contributed by atoms with van der Waals surface area (Å²) < 4.78 is 0.540. The minimum Gasteiger partial charge on any atom is -0.396 e. The van der Waals surface area contributed by atoms with Crippen LogP contribution < -0.4 is 0 Å². The molecule has 1 aliphatic rings. The molecule has 2 heteroatoms. The standard InChI is InChI=1S/C18H35IO/c1-5-16(13-14(2)7-6-12-20)8-9-17-10-11-18(4,19)15(17)3/h14-17,20H,5-13H2,1-4H3/t14?,15-,16+,17-,18-/m1/s1. The maximum atomic E-state index is 8.93. The van der Waals surface area contributed by atoms with Crippen LogP contribution in [0.3, 0.4) is 0 Å². The van der Waals surface area contributed by atoms with E-state index < -0.39 is 0 Å². The Labute approximate surface area is 140 Å². The minimum atomic E-state index is 0.356. The number of aliphatic hydroxyl groups excluding tert-OH is 1. The molecule has 0 aliphatic heterocycles. The second-order valence-corrected chi connectivity index (χ2v) is 9.89. The van der Waals surface area contributed by atoms with Gasteiger partial charge < -0.3 is 5.11 Å². The number of hydrogen-bond acceptors (Lipinski definition) is 1. The Balaban J connectivity index is 2.31. The van der Waals surface area contributed by atoms with E-state index in [0.29, 0.717) is 10.0 Å². The zero-order valence-corrected chi connectivity index (χ0v) is 16.2. The molecule has 1 N–H and O–H groups in total. The number of rotatable bonds is 9. The van der Waals surface area contributed by atoms with E-state index in [4.69, 9.17) is 5.11 Å². The summed E-state index contributed by atoms with van der Waals surface area (Å²) in [5, 5.41) is 8.93. The third-order valence-corrected chi connectivity index (χ3v) is 7.30. The number of aliphatic hydroxyl groups is 1. The molecule has 0 aromatic carbocycles. The molecule has 0 bridgehead atoms. The Bertz CT molecular complexity index is 264. The third-order valence-electron chi connectivity index (χ3n) is 5.77. The molecule has 20 heavy (non-hydrogen) atoms. The first kappa shape index (κ1) is 18.7. The largest absolute Gasteiger partial charge is 0.396 e. The molecule has 0 spiro atoms. The van der Waals surface area contributed by atoms with Crippen molar-refractivity contribution in [2.24, 2.45) is 23.7 Å². The second kappa shape index (κ2) is 8.97. The van der Waals surface area contributed by atoms with E-state index in [1.54, 1.807) is 0 Å². The van der Waals surface area contributed by atoms with Crippen LogP contribution >= 0.6 is 22.6 Å². The van der Waals surface area contributed by atoms with Gasteiger partial charge in [0.05, 0.1) is 0 Å². The summed E-state index contributed by atoms with van der Waals surface area (Å²) in [6.07, 6.45) is 10.6. The Morgan fingerprint density at radius 3 is 2.55 bits per heavy atom. The maximum absolute atomic E-state index is 8.93. The molecular weight excluding hydrogens is 359 g/mol. The number of alkyl halides is 1. The van der Waals surface area contributed by atoms with Crippen molar-refractivity contribution >= 4 is 22.6 Å². The van der Waals surface area contributed by atoms with Crippen molar-refractivity contribution in [3.05, 3.63) is 0 Å². The molecule has 0 aromatic heterocycles. The highest BCUT2D eigenvalue weighted by Crippen LogP contribution is 2.48. The number of halogens is 1. The summed E-state index contributed by atoms with van der Waals surface area (Å²) in [5.74, 6) is 3.52. The van der Waals surface area contributed by atoms with E-state index in [1.807, 2.05) is 0 Å². The van der Waals surface area contributed by atoms with Crippen molar-refractivity contribution < 1.29 is 5.11 Å². The van der Waals surface area contributed by atoms with Gasteiger partial charge in [-0.15, -0.1) is 0 Å². The van der Waals surface area contributed by atoms with Gasteiger partial charge in [0, 0.05) is 10.0 Å². The van der Waals surface area contributed by atoms with E-state index in [-0.39, 0.29) is 0 Å². The zero-order chi connectivity index (χ0) is 15.2. The van der Waals surface area contributed by atoms with E-state index in [9.17, 15) is 0 Å². The van der Waals surface area contributed by atoms with Crippen LogP contribution in [0.15, 0.2) is 0 Å². The second-order valence-electron chi connectivity index (χ2n) is 7.42. The molecule has 120 valence electrons. The van der Waals surface area contributed by atoms with E-state index in [0.717, 1.165) is 30.1 Å². The predicted molar refractivity (Wildman–Crippen MR) is 97.4 cm³/mol. The van der Waals surface area contributed by atoms with E-state index in [2.05, 4.69) is 50.3 Å². The van der Waals surface area contributed by atoms with Gasteiger partial charge in [-0.1, -0.05) is 63.1 Å². The molecule has 0 amide bonds. The minimum absolute atomic E-state index is 0.356. The third kappa shape index (κ3) is 5.82. The normalized spacial score (nSPS) is 33.3. The van der Waals surface area contributed by atoms with Crippen LogP contribution in [0.5, 0.6) is 0 Å². The fourth-order valence-corrected chi connectivity index (χ4v) is 4.72. The number of hydrogen-bond donors (Lipinski definition) is 1. The molecule has 1 unspecified atom stereocenters. The average Bonchev–Trinajstić information content (AvgIpc) is 2.67. The van der Waals surface area contributed by atoms with Crippen molar-refractivity contribution in [3.8, 4) is 0 Å². The van der Waals surface area contributed by atoms with Gasteiger partial charge in [0.1, 0.15) is 0 Å². The van der Waals surface area contributed by atoms with Gasteiger partial charge in [0.15, 0.2) is 0 Å². The van der Waals surface area contributed by atoms with E-state index >= 15 is 0 Å². The highest BCUT2D eigenvalue weighted by atomic mass is 127. The van der Waals surface area contributed by atoms with Crippen molar-refractivity contribution in [2.45, 2.75) is 82.5 Å². The predicted octanol–water partition coefficient (Wildman–Crippen LogP) is 5.83. The van der Waals surface area contributed by atoms with Crippen molar-refractivity contribution in [1.82, 2.24) is 0 Å². The van der Waals surface area contributed by atoms with Gasteiger partial charge in [-0.2, -0.15) is 0 Å². The zero-order valence-electron chi connectivity index (χ0n) is 14.0. The summed E-state index contributed by atoms with van der Waals surface area (Å²) >= 11 is 2.69. The van der Waals surface area contributed by atoms with Crippen LogP contribution in [0.2, 0.25) is 0 Å². The Hall–Kier alpha value is 0.690. The molecular formula is C18H35IO. The lowest BCUT2D eigenvalue weighted by Gasteiger charge is -2.27. The fourth-order valence-electron chi connectivity index (χ4n) is 3.90. The lowest BCUT2D eigenvalue weighted by Crippen LogP contribution is -2.22. The van der Waals surface area contributed by atoms with Crippen LogP contribution in [0, 0.1) is 23.7 Å². The first-order valence-corrected chi connectivity index (χ1v) is 9.78. The first-order valence-electron chi connectivity index (χ1n) is 8.70.